The van der Waals surface area contributed by atoms with Gasteiger partial charge in [-0.3, -0.25) is 4.98 Å². The number of nitrogens with zero attached hydrogens (tertiary/aromatic N) is 1. The SMILES string of the molecule is COc1ccc(C(CC(F)(F)F)C(O)c2ccnc(-c3ccc(C(=O)O)cc3)c2)c(Cl)c1. The van der Waals surface area contributed by atoms with Gasteiger partial charge in [-0.1, -0.05) is 29.8 Å². The Morgan fingerprint density at radius 3 is 2.38 bits per heavy atom. The second kappa shape index (κ2) is 9.58. The fraction of sp³-hybridized carbons (Fsp3) is 0.217. The first-order valence-electron chi connectivity index (χ1n) is 9.47. The fourth-order valence-electron chi connectivity index (χ4n) is 3.38. The van der Waals surface area contributed by atoms with Crippen LogP contribution >= 0.6 is 11.6 Å². The third-order valence-corrected chi connectivity index (χ3v) is 5.32. The summed E-state index contributed by atoms with van der Waals surface area (Å²) >= 11 is 6.21. The van der Waals surface area contributed by atoms with Crippen molar-refractivity contribution in [3.63, 3.8) is 0 Å². The minimum absolute atomic E-state index is 0.0520. The lowest BCUT2D eigenvalue weighted by molar-refractivity contribution is -0.144. The highest BCUT2D eigenvalue weighted by atomic mass is 35.5. The van der Waals surface area contributed by atoms with Crippen LogP contribution < -0.4 is 4.74 Å². The van der Waals surface area contributed by atoms with E-state index in [1.54, 1.807) is 0 Å². The molecule has 2 aromatic carbocycles. The highest BCUT2D eigenvalue weighted by Crippen LogP contribution is 2.43. The van der Waals surface area contributed by atoms with Gasteiger partial charge in [-0.15, -0.1) is 0 Å². The normalized spacial score (nSPS) is 13.4. The number of halogens is 4. The van der Waals surface area contributed by atoms with Crippen molar-refractivity contribution in [1.29, 1.82) is 0 Å². The molecule has 2 N–H and O–H groups in total. The monoisotopic (exact) mass is 465 g/mol. The van der Waals surface area contributed by atoms with Crippen LogP contribution in [0.3, 0.4) is 0 Å². The lowest BCUT2D eigenvalue weighted by Gasteiger charge is -2.26. The molecule has 0 aliphatic heterocycles. The van der Waals surface area contributed by atoms with Gasteiger partial charge in [0.1, 0.15) is 5.75 Å². The van der Waals surface area contributed by atoms with Gasteiger partial charge >= 0.3 is 12.1 Å². The van der Waals surface area contributed by atoms with Gasteiger partial charge in [-0.25, -0.2) is 4.79 Å². The van der Waals surface area contributed by atoms with Crippen LogP contribution in [-0.2, 0) is 0 Å². The van der Waals surface area contributed by atoms with Gasteiger partial charge < -0.3 is 14.9 Å². The Morgan fingerprint density at radius 1 is 1.12 bits per heavy atom. The molecular formula is C23H19ClF3NO4. The van der Waals surface area contributed by atoms with Crippen molar-refractivity contribution >= 4 is 17.6 Å². The first kappa shape index (κ1) is 23.6. The van der Waals surface area contributed by atoms with E-state index in [2.05, 4.69) is 4.98 Å². The van der Waals surface area contributed by atoms with E-state index in [9.17, 15) is 23.1 Å². The van der Waals surface area contributed by atoms with Crippen molar-refractivity contribution < 1.29 is 32.9 Å². The largest absolute Gasteiger partial charge is 0.497 e. The fourth-order valence-corrected chi connectivity index (χ4v) is 3.69. The Labute approximate surface area is 187 Å². The van der Waals surface area contributed by atoms with Crippen LogP contribution in [0.5, 0.6) is 5.75 Å². The van der Waals surface area contributed by atoms with Crippen LogP contribution in [0.15, 0.2) is 60.8 Å². The van der Waals surface area contributed by atoms with E-state index in [0.29, 0.717) is 17.0 Å². The van der Waals surface area contributed by atoms with E-state index >= 15 is 0 Å². The maximum Gasteiger partial charge on any atom is 0.389 e. The van der Waals surface area contributed by atoms with E-state index in [1.165, 1.54) is 67.9 Å². The summed E-state index contributed by atoms with van der Waals surface area (Å²) in [6, 6.07) is 13.1. The number of carboxylic acids is 1. The molecule has 0 aliphatic carbocycles. The Kier molecular flexibility index (Phi) is 7.06. The number of aliphatic hydroxyl groups excluding tert-OH is 1. The van der Waals surface area contributed by atoms with E-state index in [4.69, 9.17) is 21.4 Å². The highest BCUT2D eigenvalue weighted by Gasteiger charge is 2.37. The Hall–Kier alpha value is -3.10. The van der Waals surface area contributed by atoms with Crippen LogP contribution in [0, 0.1) is 0 Å². The summed E-state index contributed by atoms with van der Waals surface area (Å²) in [5, 5.41) is 20.0. The van der Waals surface area contributed by atoms with Crippen LogP contribution in [0.25, 0.3) is 11.3 Å². The van der Waals surface area contributed by atoms with Crippen LogP contribution in [-0.4, -0.2) is 34.5 Å². The molecule has 1 heterocycles. The first-order chi connectivity index (χ1) is 15.1. The number of hydrogen-bond donors (Lipinski definition) is 2. The molecule has 3 aromatic rings. The number of pyridine rings is 1. The summed E-state index contributed by atoms with van der Waals surface area (Å²) in [6.07, 6.45) is -5.98. The molecule has 0 aliphatic rings. The van der Waals surface area contributed by atoms with Gasteiger partial charge in [0.15, 0.2) is 0 Å². The van der Waals surface area contributed by atoms with Crippen LogP contribution in [0.4, 0.5) is 13.2 Å². The number of carboxylic acid groups (broad SMARTS) is 1. The predicted molar refractivity (Wildman–Crippen MR) is 113 cm³/mol. The maximum atomic E-state index is 13.4. The minimum Gasteiger partial charge on any atom is -0.497 e. The predicted octanol–water partition coefficient (Wildman–Crippen LogP) is 5.88. The molecule has 1 aromatic heterocycles. The molecule has 2 unspecified atom stereocenters. The Balaban J connectivity index is 1.98. The van der Waals surface area contributed by atoms with Gasteiger partial charge in [0, 0.05) is 22.7 Å². The molecule has 0 radical (unpaired) electrons. The summed E-state index contributed by atoms with van der Waals surface area (Å²) in [5.41, 5.74) is 1.38. The summed E-state index contributed by atoms with van der Waals surface area (Å²) < 4.78 is 45.1. The molecule has 0 fully saturated rings. The molecule has 168 valence electrons. The van der Waals surface area contributed by atoms with Crippen molar-refractivity contribution in [2.24, 2.45) is 0 Å². The maximum absolute atomic E-state index is 13.4. The minimum atomic E-state index is -4.54. The number of alkyl halides is 3. The van der Waals surface area contributed by atoms with E-state index < -0.39 is 30.6 Å². The number of benzene rings is 2. The molecule has 3 rings (SSSR count). The standard InChI is InChI=1S/C23H19ClF3NO4/c1-32-16-6-7-17(19(24)11-16)18(12-23(25,26)27)21(29)15-8-9-28-20(10-15)13-2-4-14(5-3-13)22(30)31/h2-11,18,21,29H,12H2,1H3,(H,30,31). The van der Waals surface area contributed by atoms with E-state index in [0.717, 1.165) is 0 Å². The quantitative estimate of drug-likeness (QED) is 0.455. The average Bonchev–Trinajstić information content (AvgIpc) is 2.76. The molecule has 0 amide bonds. The number of aromatic carboxylic acids is 1. The van der Waals surface area contributed by atoms with Gasteiger partial charge in [0.2, 0.25) is 0 Å². The molecule has 32 heavy (non-hydrogen) atoms. The Morgan fingerprint density at radius 2 is 1.81 bits per heavy atom. The number of methoxy groups -OCH3 is 1. The number of aromatic nitrogens is 1. The number of rotatable bonds is 7. The van der Waals surface area contributed by atoms with Crippen molar-refractivity contribution in [2.45, 2.75) is 24.6 Å². The van der Waals surface area contributed by atoms with Gasteiger partial charge in [-0.2, -0.15) is 13.2 Å². The van der Waals surface area contributed by atoms with Crippen molar-refractivity contribution in [2.75, 3.05) is 7.11 Å². The number of hydrogen-bond acceptors (Lipinski definition) is 4. The second-order valence-electron chi connectivity index (χ2n) is 7.11. The molecular weight excluding hydrogens is 447 g/mol. The molecule has 9 heteroatoms. The average molecular weight is 466 g/mol. The zero-order valence-electron chi connectivity index (χ0n) is 16.8. The lowest BCUT2D eigenvalue weighted by atomic mass is 9.86. The van der Waals surface area contributed by atoms with Gasteiger partial charge in [0.25, 0.3) is 0 Å². The van der Waals surface area contributed by atoms with Crippen molar-refractivity contribution in [1.82, 2.24) is 4.98 Å². The van der Waals surface area contributed by atoms with Crippen LogP contribution in [0.1, 0.15) is 39.9 Å². The zero-order valence-corrected chi connectivity index (χ0v) is 17.6. The molecule has 5 nitrogen and oxygen atoms in total. The lowest BCUT2D eigenvalue weighted by Crippen LogP contribution is -2.20. The van der Waals surface area contributed by atoms with Crippen molar-refractivity contribution in [3.05, 3.63) is 82.5 Å². The van der Waals surface area contributed by atoms with Gasteiger partial charge in [-0.05, 0) is 47.5 Å². The van der Waals surface area contributed by atoms with Crippen molar-refractivity contribution in [3.8, 4) is 17.0 Å². The molecule has 0 spiro atoms. The van der Waals surface area contributed by atoms with E-state index in [-0.39, 0.29) is 21.7 Å². The number of aliphatic hydroxyl groups is 1. The molecule has 0 bridgehead atoms. The summed E-state index contributed by atoms with van der Waals surface area (Å²) in [6.45, 7) is 0. The smallest absolute Gasteiger partial charge is 0.389 e. The summed E-state index contributed by atoms with van der Waals surface area (Å²) in [7, 11) is 1.41. The number of ether oxygens (including phenoxy) is 1. The summed E-state index contributed by atoms with van der Waals surface area (Å²) in [5.74, 6) is -2.06. The summed E-state index contributed by atoms with van der Waals surface area (Å²) in [4.78, 5) is 15.2. The third kappa shape index (κ3) is 5.57. The molecule has 2 atom stereocenters. The van der Waals surface area contributed by atoms with E-state index in [1.807, 2.05) is 0 Å². The Bertz CT molecular complexity index is 1100. The third-order valence-electron chi connectivity index (χ3n) is 4.99. The topological polar surface area (TPSA) is 79.7 Å². The number of carbonyl (C=O) groups is 1. The molecule has 0 saturated heterocycles. The van der Waals surface area contributed by atoms with Crippen LogP contribution in [0.2, 0.25) is 5.02 Å². The highest BCUT2D eigenvalue weighted by molar-refractivity contribution is 6.31. The van der Waals surface area contributed by atoms with Gasteiger partial charge in [0.05, 0.1) is 30.9 Å². The second-order valence-corrected chi connectivity index (χ2v) is 7.52. The molecule has 0 saturated carbocycles. The zero-order chi connectivity index (χ0) is 23.5. The first-order valence-corrected chi connectivity index (χ1v) is 9.85.